The summed E-state index contributed by atoms with van der Waals surface area (Å²) in [5.41, 5.74) is 7.05. The lowest BCUT2D eigenvalue weighted by Crippen LogP contribution is -1.97. The third-order valence-electron chi connectivity index (χ3n) is 2.22. The number of hydrogen-bond acceptors (Lipinski definition) is 4. The minimum Gasteiger partial charge on any atom is -0.384 e. The van der Waals surface area contributed by atoms with Crippen LogP contribution in [-0.2, 0) is 5.75 Å². The highest BCUT2D eigenvalue weighted by Crippen LogP contribution is 2.24. The highest BCUT2D eigenvalue weighted by Gasteiger charge is 2.06. The van der Waals surface area contributed by atoms with Crippen molar-refractivity contribution in [2.24, 2.45) is 0 Å². The summed E-state index contributed by atoms with van der Waals surface area (Å²) < 4.78 is 14.4. The number of nitrogen functional groups attached to an aromatic ring is 1. The number of hydrogen-bond donors (Lipinski definition) is 1. The fourth-order valence-electron chi connectivity index (χ4n) is 1.43. The molecule has 0 atom stereocenters. The van der Waals surface area contributed by atoms with E-state index in [1.54, 1.807) is 18.2 Å². The van der Waals surface area contributed by atoms with Crippen LogP contribution in [0.1, 0.15) is 11.3 Å². The Morgan fingerprint density at radius 1 is 1.33 bits per heavy atom. The molecule has 2 rings (SSSR count). The highest BCUT2D eigenvalue weighted by atomic mass is 79.9. The Morgan fingerprint density at radius 3 is 2.83 bits per heavy atom. The number of anilines is 1. The van der Waals surface area contributed by atoms with E-state index in [2.05, 4.69) is 25.9 Å². The average Bonchev–Trinajstić information content (AvgIpc) is 2.29. The number of benzene rings is 1. The van der Waals surface area contributed by atoms with Gasteiger partial charge in [0, 0.05) is 22.0 Å². The second-order valence-electron chi connectivity index (χ2n) is 3.74. The van der Waals surface area contributed by atoms with Gasteiger partial charge in [-0.3, -0.25) is 0 Å². The van der Waals surface area contributed by atoms with Gasteiger partial charge >= 0.3 is 0 Å². The van der Waals surface area contributed by atoms with Crippen LogP contribution >= 0.6 is 27.7 Å². The highest BCUT2D eigenvalue weighted by molar-refractivity contribution is 9.10. The molecule has 0 saturated carbocycles. The quantitative estimate of drug-likeness (QED) is 0.691. The zero-order valence-corrected chi connectivity index (χ0v) is 12.1. The Morgan fingerprint density at radius 2 is 2.11 bits per heavy atom. The Hall–Kier alpha value is -1.14. The van der Waals surface area contributed by atoms with Crippen molar-refractivity contribution in [3.05, 3.63) is 45.8 Å². The zero-order valence-electron chi connectivity index (χ0n) is 9.65. The maximum absolute atomic E-state index is 13.5. The summed E-state index contributed by atoms with van der Waals surface area (Å²) in [7, 11) is 0. The smallest absolute Gasteiger partial charge is 0.190 e. The van der Waals surface area contributed by atoms with Crippen molar-refractivity contribution >= 4 is 33.5 Å². The van der Waals surface area contributed by atoms with Crippen LogP contribution in [0.4, 0.5) is 10.2 Å². The monoisotopic (exact) mass is 327 g/mol. The first-order valence-electron chi connectivity index (χ1n) is 5.22. The summed E-state index contributed by atoms with van der Waals surface area (Å²) in [4.78, 5) is 8.34. The molecule has 1 aromatic carbocycles. The molecule has 0 aliphatic heterocycles. The van der Waals surface area contributed by atoms with E-state index < -0.39 is 0 Å². The maximum atomic E-state index is 13.5. The first kappa shape index (κ1) is 13.3. The molecule has 94 valence electrons. The van der Waals surface area contributed by atoms with Gasteiger partial charge in [-0.15, -0.1) is 0 Å². The van der Waals surface area contributed by atoms with E-state index in [9.17, 15) is 4.39 Å². The summed E-state index contributed by atoms with van der Waals surface area (Å²) >= 11 is 4.68. The minimum atomic E-state index is -0.230. The molecule has 0 aliphatic rings. The van der Waals surface area contributed by atoms with Gasteiger partial charge in [-0.1, -0.05) is 27.7 Å². The minimum absolute atomic E-state index is 0.230. The summed E-state index contributed by atoms with van der Waals surface area (Å²) in [6.07, 6.45) is 0. The van der Waals surface area contributed by atoms with Gasteiger partial charge in [0.05, 0.1) is 0 Å². The lowest BCUT2D eigenvalue weighted by atomic mass is 10.2. The molecular formula is C12H11BrFN3S. The predicted molar refractivity (Wildman–Crippen MR) is 74.8 cm³/mol. The van der Waals surface area contributed by atoms with Gasteiger partial charge in [0.25, 0.3) is 0 Å². The molecule has 2 N–H and O–H groups in total. The lowest BCUT2D eigenvalue weighted by molar-refractivity contribution is 0.617. The van der Waals surface area contributed by atoms with Crippen LogP contribution in [-0.4, -0.2) is 9.97 Å². The molecule has 2 aromatic rings. The van der Waals surface area contributed by atoms with Gasteiger partial charge < -0.3 is 5.73 Å². The Labute approximate surface area is 117 Å². The molecule has 1 aromatic heterocycles. The van der Waals surface area contributed by atoms with Crippen molar-refractivity contribution in [1.29, 1.82) is 0 Å². The topological polar surface area (TPSA) is 51.8 Å². The van der Waals surface area contributed by atoms with Gasteiger partial charge in [0.2, 0.25) is 0 Å². The van der Waals surface area contributed by atoms with Gasteiger partial charge in [-0.2, -0.15) is 0 Å². The van der Waals surface area contributed by atoms with Crippen LogP contribution in [0.25, 0.3) is 0 Å². The fraction of sp³-hybridized carbons (Fsp3) is 0.167. The lowest BCUT2D eigenvalue weighted by Gasteiger charge is -2.04. The van der Waals surface area contributed by atoms with Crippen LogP contribution in [0.3, 0.4) is 0 Å². The molecule has 3 nitrogen and oxygen atoms in total. The van der Waals surface area contributed by atoms with Crippen LogP contribution in [0, 0.1) is 12.7 Å². The van der Waals surface area contributed by atoms with Crippen LogP contribution in [0.2, 0.25) is 0 Å². The number of aromatic nitrogens is 2. The van der Waals surface area contributed by atoms with Crippen molar-refractivity contribution in [2.45, 2.75) is 17.8 Å². The second-order valence-corrected chi connectivity index (χ2v) is 5.60. The van der Waals surface area contributed by atoms with Crippen LogP contribution in [0.15, 0.2) is 33.9 Å². The molecule has 0 fully saturated rings. The normalized spacial score (nSPS) is 10.6. The van der Waals surface area contributed by atoms with E-state index in [1.807, 2.05) is 6.92 Å². The van der Waals surface area contributed by atoms with Crippen molar-refractivity contribution in [1.82, 2.24) is 9.97 Å². The number of halogens is 2. The summed E-state index contributed by atoms with van der Waals surface area (Å²) in [6, 6.07) is 6.56. The van der Waals surface area contributed by atoms with Gasteiger partial charge in [-0.25, -0.2) is 14.4 Å². The van der Waals surface area contributed by atoms with Crippen LogP contribution in [0.5, 0.6) is 0 Å². The van der Waals surface area contributed by atoms with E-state index >= 15 is 0 Å². The molecule has 18 heavy (non-hydrogen) atoms. The second kappa shape index (κ2) is 5.67. The maximum Gasteiger partial charge on any atom is 0.190 e. The third kappa shape index (κ3) is 3.43. The molecule has 0 saturated heterocycles. The first-order chi connectivity index (χ1) is 8.54. The van der Waals surface area contributed by atoms with Gasteiger partial charge in [-0.05, 0) is 30.7 Å². The Bertz CT molecular complexity index is 557. The molecule has 1 heterocycles. The SMILES string of the molecule is Cc1cc(N)nc(SCc2cc(Br)ccc2F)n1. The molecule has 0 aliphatic carbocycles. The largest absolute Gasteiger partial charge is 0.384 e. The van der Waals surface area contributed by atoms with Crippen molar-refractivity contribution < 1.29 is 4.39 Å². The van der Waals surface area contributed by atoms with Crippen molar-refractivity contribution in [3.8, 4) is 0 Å². The summed E-state index contributed by atoms with van der Waals surface area (Å²) in [6.45, 7) is 1.85. The van der Waals surface area contributed by atoms with E-state index in [4.69, 9.17) is 5.73 Å². The fourth-order valence-corrected chi connectivity index (χ4v) is 2.72. The first-order valence-corrected chi connectivity index (χ1v) is 7.00. The standard InChI is InChI=1S/C12H11BrFN3S/c1-7-4-11(15)17-12(16-7)18-6-8-5-9(13)2-3-10(8)14/h2-5H,6H2,1H3,(H2,15,16,17). The molecule has 0 bridgehead atoms. The van der Waals surface area contributed by atoms with Crippen LogP contribution < -0.4 is 5.73 Å². The molecule has 6 heteroatoms. The van der Waals surface area contributed by atoms with E-state index in [0.29, 0.717) is 22.3 Å². The number of nitrogens with two attached hydrogens (primary N) is 1. The zero-order chi connectivity index (χ0) is 13.1. The number of aryl methyl sites for hydroxylation is 1. The molecule has 0 unspecified atom stereocenters. The summed E-state index contributed by atoms with van der Waals surface area (Å²) in [5.74, 6) is 0.666. The molecule has 0 spiro atoms. The van der Waals surface area contributed by atoms with E-state index in [1.165, 1.54) is 17.8 Å². The van der Waals surface area contributed by atoms with Crippen molar-refractivity contribution in [2.75, 3.05) is 5.73 Å². The van der Waals surface area contributed by atoms with Gasteiger partial charge in [0.1, 0.15) is 11.6 Å². The molecular weight excluding hydrogens is 317 g/mol. The summed E-state index contributed by atoms with van der Waals surface area (Å²) in [5, 5.41) is 0.562. The molecule has 0 amide bonds. The van der Waals surface area contributed by atoms with Crippen molar-refractivity contribution in [3.63, 3.8) is 0 Å². The average molecular weight is 328 g/mol. The third-order valence-corrected chi connectivity index (χ3v) is 3.61. The Kier molecular flexibility index (Phi) is 4.19. The number of rotatable bonds is 3. The van der Waals surface area contributed by atoms with E-state index in [-0.39, 0.29) is 5.82 Å². The van der Waals surface area contributed by atoms with E-state index in [0.717, 1.165) is 10.2 Å². The Balaban J connectivity index is 2.13. The predicted octanol–water partition coefficient (Wildman–Crippen LogP) is 3.56. The molecule has 0 radical (unpaired) electrons. The number of thioether (sulfide) groups is 1. The van der Waals surface area contributed by atoms with Gasteiger partial charge in [0.15, 0.2) is 5.16 Å². The number of nitrogens with zero attached hydrogens (tertiary/aromatic N) is 2.